The van der Waals surface area contributed by atoms with E-state index in [0.717, 1.165) is 32.4 Å². The highest BCUT2D eigenvalue weighted by Gasteiger charge is 1.88. The van der Waals surface area contributed by atoms with E-state index in [-0.39, 0.29) is 0 Å². The predicted molar refractivity (Wildman–Crippen MR) is 56.5 cm³/mol. The molecular weight excluding hydrogens is 162 g/mol. The molecule has 0 rings (SSSR count). The fourth-order valence-electron chi connectivity index (χ4n) is 1.12. The molecule has 0 bridgehead atoms. The molecule has 0 unspecified atom stereocenters. The molecule has 0 radical (unpaired) electrons. The first-order valence-corrected chi connectivity index (χ1v) is 5.13. The average molecular weight is 183 g/mol. The van der Waals surface area contributed by atoms with Gasteiger partial charge >= 0.3 is 0 Å². The zero-order valence-electron chi connectivity index (χ0n) is 8.60. The van der Waals surface area contributed by atoms with E-state index >= 15 is 0 Å². The van der Waals surface area contributed by atoms with Crippen molar-refractivity contribution in [2.75, 3.05) is 19.7 Å². The third-order valence-corrected chi connectivity index (χ3v) is 1.87. The van der Waals surface area contributed by atoms with Gasteiger partial charge in [-0.25, -0.2) is 0 Å². The van der Waals surface area contributed by atoms with Crippen LogP contribution in [0.2, 0.25) is 0 Å². The highest BCUT2D eigenvalue weighted by Crippen LogP contribution is 1.97. The van der Waals surface area contributed by atoms with E-state index in [1.54, 1.807) is 0 Å². The number of nitrogens with one attached hydrogen (secondary N) is 1. The van der Waals surface area contributed by atoms with E-state index in [0.29, 0.717) is 6.61 Å². The second kappa shape index (κ2) is 11.5. The molecule has 13 heavy (non-hydrogen) atoms. The Balaban J connectivity index is 2.86. The number of hydrogen-bond donors (Lipinski definition) is 2. The van der Waals surface area contributed by atoms with Gasteiger partial charge in [-0.3, -0.25) is 0 Å². The summed E-state index contributed by atoms with van der Waals surface area (Å²) < 4.78 is 0. The quantitative estimate of drug-likeness (QED) is 0.442. The molecule has 0 saturated heterocycles. The Kier molecular flexibility index (Phi) is 11.0. The molecule has 0 spiro atoms. The van der Waals surface area contributed by atoms with Gasteiger partial charge in [0.15, 0.2) is 0 Å². The summed E-state index contributed by atoms with van der Waals surface area (Å²) in [6.45, 7) is 4.28. The molecule has 0 aliphatic heterocycles. The van der Waals surface area contributed by atoms with Crippen molar-refractivity contribution in [3.05, 3.63) is 0 Å². The van der Waals surface area contributed by atoms with Gasteiger partial charge in [-0.2, -0.15) is 0 Å². The Hall–Kier alpha value is -0.520. The van der Waals surface area contributed by atoms with E-state index < -0.39 is 0 Å². The fraction of sp³-hybridized carbons (Fsp3) is 0.818. The summed E-state index contributed by atoms with van der Waals surface area (Å²) in [5.41, 5.74) is 0. The molecule has 2 nitrogen and oxygen atoms in total. The van der Waals surface area contributed by atoms with Gasteiger partial charge < -0.3 is 10.4 Å². The minimum Gasteiger partial charge on any atom is -0.396 e. The molecule has 0 aromatic carbocycles. The van der Waals surface area contributed by atoms with Crippen LogP contribution in [0.3, 0.4) is 0 Å². The van der Waals surface area contributed by atoms with E-state index in [1.165, 1.54) is 12.8 Å². The highest BCUT2D eigenvalue weighted by molar-refractivity contribution is 4.94. The SMILES string of the molecule is CC#CCCNCCCCCCO. The molecule has 76 valence electrons. The summed E-state index contributed by atoms with van der Waals surface area (Å²) >= 11 is 0. The lowest BCUT2D eigenvalue weighted by Crippen LogP contribution is -2.16. The largest absolute Gasteiger partial charge is 0.396 e. The maximum atomic E-state index is 8.54. The molecular formula is C11H21NO. The van der Waals surface area contributed by atoms with Gasteiger partial charge in [0.25, 0.3) is 0 Å². The van der Waals surface area contributed by atoms with Crippen LogP contribution in [0.25, 0.3) is 0 Å². The molecule has 0 aliphatic rings. The van der Waals surface area contributed by atoms with Gasteiger partial charge in [0.2, 0.25) is 0 Å². The topological polar surface area (TPSA) is 32.3 Å². The second-order valence-corrected chi connectivity index (χ2v) is 3.06. The van der Waals surface area contributed by atoms with Crippen LogP contribution < -0.4 is 5.32 Å². The molecule has 0 atom stereocenters. The van der Waals surface area contributed by atoms with E-state index in [9.17, 15) is 0 Å². The number of unbranched alkanes of at least 4 members (excludes halogenated alkanes) is 3. The Morgan fingerprint density at radius 1 is 1.08 bits per heavy atom. The lowest BCUT2D eigenvalue weighted by atomic mass is 10.2. The Labute approximate surface area is 81.7 Å². The van der Waals surface area contributed by atoms with Crippen LogP contribution in [-0.2, 0) is 0 Å². The molecule has 0 heterocycles. The van der Waals surface area contributed by atoms with Gasteiger partial charge in [-0.1, -0.05) is 12.8 Å². The number of hydrogen-bond acceptors (Lipinski definition) is 2. The molecule has 2 heteroatoms. The van der Waals surface area contributed by atoms with E-state index in [2.05, 4.69) is 17.2 Å². The zero-order valence-corrected chi connectivity index (χ0v) is 8.60. The summed E-state index contributed by atoms with van der Waals surface area (Å²) in [5, 5.41) is 11.9. The third kappa shape index (κ3) is 11.5. The van der Waals surface area contributed by atoms with Crippen LogP contribution in [-0.4, -0.2) is 24.8 Å². The number of aliphatic hydroxyl groups is 1. The first-order chi connectivity index (χ1) is 6.41. The zero-order chi connectivity index (χ0) is 9.78. The highest BCUT2D eigenvalue weighted by atomic mass is 16.2. The van der Waals surface area contributed by atoms with Crippen molar-refractivity contribution < 1.29 is 5.11 Å². The van der Waals surface area contributed by atoms with Crippen molar-refractivity contribution >= 4 is 0 Å². The first kappa shape index (κ1) is 12.5. The summed E-state index contributed by atoms with van der Waals surface area (Å²) in [7, 11) is 0. The molecule has 0 saturated carbocycles. The third-order valence-electron chi connectivity index (χ3n) is 1.87. The van der Waals surface area contributed by atoms with Crippen molar-refractivity contribution in [2.45, 2.75) is 39.0 Å². The Morgan fingerprint density at radius 2 is 1.85 bits per heavy atom. The Bertz CT molecular complexity index is 146. The van der Waals surface area contributed by atoms with E-state index in [1.807, 2.05) is 6.92 Å². The second-order valence-electron chi connectivity index (χ2n) is 3.06. The van der Waals surface area contributed by atoms with Crippen molar-refractivity contribution in [2.24, 2.45) is 0 Å². The maximum absolute atomic E-state index is 8.54. The predicted octanol–water partition coefficient (Wildman–Crippen LogP) is 1.54. The summed E-state index contributed by atoms with van der Waals surface area (Å²) in [6, 6.07) is 0. The molecule has 0 aliphatic carbocycles. The lowest BCUT2D eigenvalue weighted by molar-refractivity contribution is 0.282. The van der Waals surface area contributed by atoms with Crippen molar-refractivity contribution in [3.63, 3.8) is 0 Å². The summed E-state index contributed by atoms with van der Waals surface area (Å²) in [6.07, 6.45) is 5.47. The number of rotatable bonds is 8. The summed E-state index contributed by atoms with van der Waals surface area (Å²) in [4.78, 5) is 0. The van der Waals surface area contributed by atoms with E-state index in [4.69, 9.17) is 5.11 Å². The molecule has 2 N–H and O–H groups in total. The minimum absolute atomic E-state index is 0.333. The van der Waals surface area contributed by atoms with Crippen molar-refractivity contribution in [1.29, 1.82) is 0 Å². The van der Waals surface area contributed by atoms with Gasteiger partial charge in [-0.15, -0.1) is 11.8 Å². The van der Waals surface area contributed by atoms with Crippen LogP contribution in [0, 0.1) is 11.8 Å². The van der Waals surface area contributed by atoms with Crippen LogP contribution in [0.5, 0.6) is 0 Å². The Morgan fingerprint density at radius 3 is 2.54 bits per heavy atom. The maximum Gasteiger partial charge on any atom is 0.0431 e. The van der Waals surface area contributed by atoms with Crippen LogP contribution in [0.1, 0.15) is 39.0 Å². The van der Waals surface area contributed by atoms with Crippen LogP contribution in [0.15, 0.2) is 0 Å². The van der Waals surface area contributed by atoms with Gasteiger partial charge in [0.05, 0.1) is 0 Å². The van der Waals surface area contributed by atoms with Gasteiger partial charge in [0.1, 0.15) is 0 Å². The van der Waals surface area contributed by atoms with Crippen LogP contribution >= 0.6 is 0 Å². The smallest absolute Gasteiger partial charge is 0.0431 e. The molecule has 0 fully saturated rings. The van der Waals surface area contributed by atoms with Gasteiger partial charge in [-0.05, 0) is 26.3 Å². The molecule has 0 amide bonds. The van der Waals surface area contributed by atoms with Crippen LogP contribution in [0.4, 0.5) is 0 Å². The number of aliphatic hydroxyl groups excluding tert-OH is 1. The normalized spacial score (nSPS) is 9.38. The van der Waals surface area contributed by atoms with Crippen molar-refractivity contribution in [3.8, 4) is 11.8 Å². The first-order valence-electron chi connectivity index (χ1n) is 5.13. The minimum atomic E-state index is 0.333. The monoisotopic (exact) mass is 183 g/mol. The standard InChI is InChI=1S/C11H21NO/c1-2-3-6-9-12-10-7-4-5-8-11-13/h12-13H,4-11H2,1H3. The molecule has 0 aromatic heterocycles. The fourth-order valence-corrected chi connectivity index (χ4v) is 1.12. The lowest BCUT2D eigenvalue weighted by Gasteiger charge is -2.01. The van der Waals surface area contributed by atoms with Crippen molar-refractivity contribution in [1.82, 2.24) is 5.32 Å². The van der Waals surface area contributed by atoms with Gasteiger partial charge in [0, 0.05) is 19.6 Å². The summed E-state index contributed by atoms with van der Waals surface area (Å²) in [5.74, 6) is 5.88. The molecule has 0 aromatic rings. The average Bonchev–Trinajstić information content (AvgIpc) is 2.16.